The first-order valence-electron chi connectivity index (χ1n) is 10.0. The van der Waals surface area contributed by atoms with Crippen LogP contribution in [0.15, 0.2) is 53.4 Å². The number of hydrogen-bond donors (Lipinski definition) is 0. The van der Waals surface area contributed by atoms with Crippen LogP contribution in [0.2, 0.25) is 0 Å². The first-order chi connectivity index (χ1) is 15.0. The second kappa shape index (κ2) is 9.86. The number of amides is 3. The Bertz CT molecular complexity index is 1040. The maximum absolute atomic E-state index is 12.7. The average Bonchev–Trinajstić information content (AvgIpc) is 3.39. The Morgan fingerprint density at radius 3 is 2.55 bits per heavy atom. The minimum Gasteiger partial charge on any atom is -0.488 e. The van der Waals surface area contributed by atoms with E-state index in [0.717, 1.165) is 50.0 Å². The molecule has 4 rings (SSSR count). The van der Waals surface area contributed by atoms with Crippen LogP contribution in [0.4, 0.5) is 4.79 Å². The lowest BCUT2D eigenvalue weighted by atomic mass is 10.2. The Balaban J connectivity index is 1.42. The van der Waals surface area contributed by atoms with Gasteiger partial charge >= 0.3 is 0 Å². The van der Waals surface area contributed by atoms with Gasteiger partial charge in [-0.25, -0.2) is 0 Å². The van der Waals surface area contributed by atoms with Crippen LogP contribution in [0.1, 0.15) is 24.0 Å². The van der Waals surface area contributed by atoms with Gasteiger partial charge in [-0.1, -0.05) is 36.4 Å². The number of imide groups is 1. The Labute approximate surface area is 198 Å². The van der Waals surface area contributed by atoms with Crippen molar-refractivity contribution in [3.05, 3.63) is 68.1 Å². The molecule has 0 aromatic heterocycles. The summed E-state index contributed by atoms with van der Waals surface area (Å²) in [6.07, 6.45) is 3.63. The third-order valence-corrected chi connectivity index (χ3v) is 6.87. The molecule has 0 N–H and O–H groups in total. The standard InChI is InChI=1S/C23H21IN2O4S/c24-18-12-17(8-9-19(18)30-15-16-6-2-1-3-7-16)13-20-22(28)26(23(29)31-20)14-21(27)25-10-4-5-11-25/h1-3,6-9,12-13H,4-5,10-11,14-15H2/b20-13+. The lowest BCUT2D eigenvalue weighted by Gasteiger charge is -2.18. The fourth-order valence-corrected chi connectivity index (χ4v) is 4.98. The molecule has 0 aliphatic carbocycles. The zero-order valence-corrected chi connectivity index (χ0v) is 19.7. The van der Waals surface area contributed by atoms with Crippen LogP contribution in [0.5, 0.6) is 5.75 Å². The van der Waals surface area contributed by atoms with Crippen molar-refractivity contribution in [1.29, 1.82) is 0 Å². The molecule has 0 atom stereocenters. The van der Waals surface area contributed by atoms with Crippen molar-refractivity contribution in [2.75, 3.05) is 19.6 Å². The number of thioether (sulfide) groups is 1. The topological polar surface area (TPSA) is 66.9 Å². The van der Waals surface area contributed by atoms with Gasteiger partial charge in [-0.2, -0.15) is 0 Å². The Morgan fingerprint density at radius 1 is 1.10 bits per heavy atom. The molecule has 2 aromatic carbocycles. The number of rotatable bonds is 6. The highest BCUT2D eigenvalue weighted by Gasteiger charge is 2.37. The fraction of sp³-hybridized carbons (Fsp3) is 0.261. The Kier molecular flexibility index (Phi) is 6.96. The van der Waals surface area contributed by atoms with Crippen molar-refractivity contribution < 1.29 is 19.1 Å². The number of carbonyl (C=O) groups excluding carboxylic acids is 3. The average molecular weight is 548 g/mol. The number of halogens is 1. The van der Waals surface area contributed by atoms with E-state index in [1.54, 1.807) is 11.0 Å². The van der Waals surface area contributed by atoms with Gasteiger partial charge in [0.1, 0.15) is 18.9 Å². The van der Waals surface area contributed by atoms with Gasteiger partial charge in [0.05, 0.1) is 8.48 Å². The normalized spacial score (nSPS) is 17.6. The van der Waals surface area contributed by atoms with E-state index in [2.05, 4.69) is 22.6 Å². The van der Waals surface area contributed by atoms with Crippen LogP contribution in [-0.4, -0.2) is 46.5 Å². The van der Waals surface area contributed by atoms with Gasteiger partial charge < -0.3 is 9.64 Å². The highest BCUT2D eigenvalue weighted by atomic mass is 127. The van der Waals surface area contributed by atoms with E-state index in [-0.39, 0.29) is 12.5 Å². The van der Waals surface area contributed by atoms with Gasteiger partial charge in [0.15, 0.2) is 0 Å². The van der Waals surface area contributed by atoms with Crippen LogP contribution < -0.4 is 4.74 Å². The van der Waals surface area contributed by atoms with Gasteiger partial charge in [-0.05, 0) is 76.5 Å². The van der Waals surface area contributed by atoms with Crippen LogP contribution in [0, 0.1) is 3.57 Å². The van der Waals surface area contributed by atoms with Crippen molar-refractivity contribution >= 4 is 57.5 Å². The van der Waals surface area contributed by atoms with Crippen molar-refractivity contribution in [2.24, 2.45) is 0 Å². The second-order valence-electron chi connectivity index (χ2n) is 7.32. The van der Waals surface area contributed by atoms with Crippen LogP contribution in [-0.2, 0) is 16.2 Å². The quantitative estimate of drug-likeness (QED) is 0.392. The van der Waals surface area contributed by atoms with E-state index in [0.29, 0.717) is 24.6 Å². The van der Waals surface area contributed by atoms with E-state index < -0.39 is 11.1 Å². The summed E-state index contributed by atoms with van der Waals surface area (Å²) in [6.45, 7) is 1.68. The summed E-state index contributed by atoms with van der Waals surface area (Å²) in [7, 11) is 0. The predicted octanol–water partition coefficient (Wildman–Crippen LogP) is 4.53. The van der Waals surface area contributed by atoms with E-state index in [1.165, 1.54) is 0 Å². The second-order valence-corrected chi connectivity index (χ2v) is 9.48. The number of benzene rings is 2. The van der Waals surface area contributed by atoms with Crippen LogP contribution in [0.3, 0.4) is 0 Å². The number of nitrogens with zero attached hydrogens (tertiary/aromatic N) is 2. The van der Waals surface area contributed by atoms with Crippen LogP contribution in [0.25, 0.3) is 6.08 Å². The molecular weight excluding hydrogens is 527 g/mol. The monoisotopic (exact) mass is 548 g/mol. The van der Waals surface area contributed by atoms with Crippen molar-refractivity contribution in [1.82, 2.24) is 9.80 Å². The number of ether oxygens (including phenoxy) is 1. The summed E-state index contributed by atoms with van der Waals surface area (Å²) in [5, 5.41) is -0.402. The van der Waals surface area contributed by atoms with Gasteiger partial charge in [0.25, 0.3) is 11.1 Å². The highest BCUT2D eigenvalue weighted by molar-refractivity contribution is 14.1. The number of hydrogen-bond acceptors (Lipinski definition) is 5. The van der Waals surface area contributed by atoms with E-state index >= 15 is 0 Å². The van der Waals surface area contributed by atoms with Crippen molar-refractivity contribution in [2.45, 2.75) is 19.4 Å². The van der Waals surface area contributed by atoms with Crippen molar-refractivity contribution in [3.8, 4) is 5.75 Å². The summed E-state index contributed by atoms with van der Waals surface area (Å²) >= 11 is 3.07. The van der Waals surface area contributed by atoms with Gasteiger partial charge in [-0.3, -0.25) is 19.3 Å². The largest absolute Gasteiger partial charge is 0.488 e. The summed E-state index contributed by atoms with van der Waals surface area (Å²) in [5.41, 5.74) is 1.88. The van der Waals surface area contributed by atoms with Gasteiger partial charge in [-0.15, -0.1) is 0 Å². The van der Waals surface area contributed by atoms with Crippen molar-refractivity contribution in [3.63, 3.8) is 0 Å². The summed E-state index contributed by atoms with van der Waals surface area (Å²) < 4.78 is 6.80. The predicted molar refractivity (Wildman–Crippen MR) is 128 cm³/mol. The molecule has 0 saturated carbocycles. The minimum absolute atomic E-state index is 0.171. The molecule has 31 heavy (non-hydrogen) atoms. The zero-order chi connectivity index (χ0) is 21.8. The lowest BCUT2D eigenvalue weighted by Crippen LogP contribution is -2.40. The van der Waals surface area contributed by atoms with E-state index in [4.69, 9.17) is 4.74 Å². The molecule has 2 aromatic rings. The molecule has 160 valence electrons. The third-order valence-electron chi connectivity index (χ3n) is 5.12. The molecule has 3 amide bonds. The molecule has 2 heterocycles. The summed E-state index contributed by atoms with van der Waals surface area (Å²) in [5.74, 6) is 0.170. The summed E-state index contributed by atoms with van der Waals surface area (Å²) in [4.78, 5) is 40.4. The Hall–Kier alpha value is -2.33. The molecule has 2 saturated heterocycles. The third kappa shape index (κ3) is 5.30. The molecule has 2 fully saturated rings. The van der Waals surface area contributed by atoms with Gasteiger partial charge in [0, 0.05) is 13.1 Å². The number of carbonyl (C=O) groups is 3. The zero-order valence-electron chi connectivity index (χ0n) is 16.8. The highest BCUT2D eigenvalue weighted by Crippen LogP contribution is 2.33. The SMILES string of the molecule is O=C(CN1C(=O)S/C(=C/c2ccc(OCc3ccccc3)c(I)c2)C1=O)N1CCCC1. The minimum atomic E-state index is -0.415. The first-order valence-corrected chi connectivity index (χ1v) is 11.9. The molecule has 8 heteroatoms. The smallest absolute Gasteiger partial charge is 0.294 e. The molecule has 0 radical (unpaired) electrons. The van der Waals surface area contributed by atoms with E-state index in [9.17, 15) is 14.4 Å². The maximum atomic E-state index is 12.7. The maximum Gasteiger partial charge on any atom is 0.294 e. The fourth-order valence-electron chi connectivity index (χ4n) is 3.45. The summed E-state index contributed by atoms with van der Waals surface area (Å²) in [6, 6.07) is 15.5. The lowest BCUT2D eigenvalue weighted by molar-refractivity contribution is -0.135. The first kappa shape index (κ1) is 21.9. The molecule has 0 spiro atoms. The molecular formula is C23H21IN2O4S. The molecule has 2 aliphatic heterocycles. The molecule has 6 nitrogen and oxygen atoms in total. The van der Waals surface area contributed by atoms with E-state index in [1.807, 2.05) is 48.5 Å². The van der Waals surface area contributed by atoms with Gasteiger partial charge in [0.2, 0.25) is 5.91 Å². The Morgan fingerprint density at radius 2 is 1.84 bits per heavy atom. The molecule has 2 aliphatic rings. The van der Waals surface area contributed by atoms with Crippen LogP contribution >= 0.6 is 34.4 Å². The molecule has 0 unspecified atom stereocenters. The molecule has 0 bridgehead atoms. The number of likely N-dealkylation sites (tertiary alicyclic amines) is 1.